The maximum absolute atomic E-state index is 4.44. The first-order chi connectivity index (χ1) is 9.27. The summed E-state index contributed by atoms with van der Waals surface area (Å²) < 4.78 is 0. The fraction of sp³-hybridized carbons (Fsp3) is 0.750. The van der Waals surface area contributed by atoms with Gasteiger partial charge in [0.05, 0.1) is 11.9 Å². The minimum atomic E-state index is 0.395. The number of hydrogen-bond donors (Lipinski definition) is 0. The standard InChI is InChI=1S/C16H30N4/c1-11(2)19(12(3)4)15-9-10-17-18-16(15)20(13(5)6)14(7)8/h9-14H,1-8H3. The van der Waals surface area contributed by atoms with Gasteiger partial charge in [0.1, 0.15) is 0 Å². The summed E-state index contributed by atoms with van der Waals surface area (Å²) >= 11 is 0. The van der Waals surface area contributed by atoms with E-state index in [-0.39, 0.29) is 0 Å². The zero-order valence-electron chi connectivity index (χ0n) is 14.3. The molecule has 0 saturated heterocycles. The van der Waals surface area contributed by atoms with E-state index >= 15 is 0 Å². The minimum Gasteiger partial charge on any atom is -0.364 e. The Hall–Kier alpha value is -1.32. The monoisotopic (exact) mass is 278 g/mol. The van der Waals surface area contributed by atoms with Crippen LogP contribution in [0.4, 0.5) is 11.5 Å². The Morgan fingerprint density at radius 2 is 1.20 bits per heavy atom. The van der Waals surface area contributed by atoms with Crippen LogP contribution in [0.3, 0.4) is 0 Å². The van der Waals surface area contributed by atoms with Crippen LogP contribution in [0.1, 0.15) is 55.4 Å². The molecule has 0 amide bonds. The van der Waals surface area contributed by atoms with Gasteiger partial charge in [0, 0.05) is 24.2 Å². The molecular formula is C16H30N4. The summed E-state index contributed by atoms with van der Waals surface area (Å²) in [5.41, 5.74) is 1.17. The molecule has 1 aromatic heterocycles. The first-order valence-corrected chi connectivity index (χ1v) is 7.65. The third kappa shape index (κ3) is 3.62. The Morgan fingerprint density at radius 3 is 1.60 bits per heavy atom. The van der Waals surface area contributed by atoms with Crippen LogP contribution in [-0.4, -0.2) is 34.4 Å². The van der Waals surface area contributed by atoms with Gasteiger partial charge in [-0.05, 0) is 61.5 Å². The second-order valence-corrected chi connectivity index (χ2v) is 6.43. The van der Waals surface area contributed by atoms with E-state index in [1.165, 1.54) is 5.69 Å². The average molecular weight is 278 g/mol. The second-order valence-electron chi connectivity index (χ2n) is 6.43. The van der Waals surface area contributed by atoms with Gasteiger partial charge in [-0.15, -0.1) is 5.10 Å². The van der Waals surface area contributed by atoms with E-state index in [0.29, 0.717) is 24.2 Å². The Balaban J connectivity index is 3.34. The highest BCUT2D eigenvalue weighted by molar-refractivity contribution is 5.67. The lowest BCUT2D eigenvalue weighted by Crippen LogP contribution is -2.42. The molecule has 1 aromatic rings. The molecule has 1 heterocycles. The number of anilines is 2. The molecule has 0 radical (unpaired) electrons. The third-order valence-electron chi connectivity index (χ3n) is 3.43. The molecule has 0 bridgehead atoms. The fourth-order valence-corrected chi connectivity index (χ4v) is 2.94. The number of aromatic nitrogens is 2. The highest BCUT2D eigenvalue weighted by Crippen LogP contribution is 2.31. The van der Waals surface area contributed by atoms with Crippen LogP contribution in [0.25, 0.3) is 0 Å². The summed E-state index contributed by atoms with van der Waals surface area (Å²) in [4.78, 5) is 4.74. The zero-order valence-corrected chi connectivity index (χ0v) is 14.3. The minimum absolute atomic E-state index is 0.395. The van der Waals surface area contributed by atoms with Gasteiger partial charge in [-0.25, -0.2) is 0 Å². The molecule has 0 aromatic carbocycles. The van der Waals surface area contributed by atoms with E-state index in [1.54, 1.807) is 6.20 Å². The summed E-state index contributed by atoms with van der Waals surface area (Å²) in [6, 6.07) is 3.73. The predicted octanol–water partition coefficient (Wildman–Crippen LogP) is 3.72. The van der Waals surface area contributed by atoms with E-state index in [1.807, 2.05) is 0 Å². The van der Waals surface area contributed by atoms with Crippen molar-refractivity contribution in [1.29, 1.82) is 0 Å². The molecular weight excluding hydrogens is 248 g/mol. The van der Waals surface area contributed by atoms with Crippen LogP contribution in [0.2, 0.25) is 0 Å². The van der Waals surface area contributed by atoms with Crippen LogP contribution in [-0.2, 0) is 0 Å². The highest BCUT2D eigenvalue weighted by Gasteiger charge is 2.24. The van der Waals surface area contributed by atoms with Crippen LogP contribution in [0, 0.1) is 0 Å². The molecule has 1 rings (SSSR count). The number of hydrogen-bond acceptors (Lipinski definition) is 4. The van der Waals surface area contributed by atoms with Crippen LogP contribution < -0.4 is 9.80 Å². The van der Waals surface area contributed by atoms with Crippen molar-refractivity contribution in [3.63, 3.8) is 0 Å². The van der Waals surface area contributed by atoms with Crippen molar-refractivity contribution in [3.8, 4) is 0 Å². The van der Waals surface area contributed by atoms with Gasteiger partial charge in [0.15, 0.2) is 5.82 Å². The van der Waals surface area contributed by atoms with Crippen molar-refractivity contribution in [1.82, 2.24) is 10.2 Å². The highest BCUT2D eigenvalue weighted by atomic mass is 15.3. The van der Waals surface area contributed by atoms with Crippen molar-refractivity contribution in [2.24, 2.45) is 0 Å². The van der Waals surface area contributed by atoms with E-state index in [4.69, 9.17) is 0 Å². The third-order valence-corrected chi connectivity index (χ3v) is 3.43. The smallest absolute Gasteiger partial charge is 0.175 e. The first kappa shape index (κ1) is 16.7. The molecule has 0 aliphatic carbocycles. The van der Waals surface area contributed by atoms with E-state index < -0.39 is 0 Å². The molecule has 0 fully saturated rings. The van der Waals surface area contributed by atoms with Gasteiger partial charge in [-0.1, -0.05) is 0 Å². The van der Waals surface area contributed by atoms with Gasteiger partial charge >= 0.3 is 0 Å². The normalized spacial score (nSPS) is 11.8. The molecule has 4 nitrogen and oxygen atoms in total. The molecule has 0 atom stereocenters. The fourth-order valence-electron chi connectivity index (χ4n) is 2.94. The quantitative estimate of drug-likeness (QED) is 0.794. The molecule has 4 heteroatoms. The van der Waals surface area contributed by atoms with Crippen molar-refractivity contribution >= 4 is 11.5 Å². The molecule has 0 aliphatic heterocycles. The maximum atomic E-state index is 4.44. The van der Waals surface area contributed by atoms with Crippen molar-refractivity contribution in [2.75, 3.05) is 9.80 Å². The van der Waals surface area contributed by atoms with E-state index in [2.05, 4.69) is 81.5 Å². The van der Waals surface area contributed by atoms with E-state index in [0.717, 1.165) is 5.82 Å². The summed E-state index contributed by atoms with van der Waals surface area (Å²) in [5, 5.41) is 8.56. The SMILES string of the molecule is CC(C)N(c1ccnnc1N(C(C)C)C(C)C)C(C)C. The van der Waals surface area contributed by atoms with Crippen molar-refractivity contribution in [3.05, 3.63) is 12.3 Å². The largest absolute Gasteiger partial charge is 0.364 e. The Labute approximate surface area is 124 Å². The van der Waals surface area contributed by atoms with Gasteiger partial charge < -0.3 is 9.80 Å². The molecule has 0 unspecified atom stereocenters. The van der Waals surface area contributed by atoms with Crippen molar-refractivity contribution in [2.45, 2.75) is 79.6 Å². The van der Waals surface area contributed by atoms with Gasteiger partial charge in [-0.3, -0.25) is 0 Å². The molecule has 0 aliphatic rings. The van der Waals surface area contributed by atoms with E-state index in [9.17, 15) is 0 Å². The lowest BCUT2D eigenvalue weighted by Gasteiger charge is -2.39. The zero-order chi connectivity index (χ0) is 15.4. The number of rotatable bonds is 6. The first-order valence-electron chi connectivity index (χ1n) is 7.65. The topological polar surface area (TPSA) is 32.3 Å². The Bertz CT molecular complexity index is 358. The summed E-state index contributed by atoms with van der Waals surface area (Å²) in [6.45, 7) is 17.7. The lowest BCUT2D eigenvalue weighted by molar-refractivity contribution is 0.577. The predicted molar refractivity (Wildman–Crippen MR) is 87.5 cm³/mol. The van der Waals surface area contributed by atoms with Gasteiger partial charge in [0.2, 0.25) is 0 Å². The maximum Gasteiger partial charge on any atom is 0.175 e. The van der Waals surface area contributed by atoms with Crippen LogP contribution in [0.15, 0.2) is 12.3 Å². The van der Waals surface area contributed by atoms with Gasteiger partial charge in [0.25, 0.3) is 0 Å². The van der Waals surface area contributed by atoms with Crippen LogP contribution in [0.5, 0.6) is 0 Å². The molecule has 0 saturated carbocycles. The Kier molecular flexibility index (Phi) is 5.78. The van der Waals surface area contributed by atoms with Crippen LogP contribution >= 0.6 is 0 Å². The second kappa shape index (κ2) is 6.91. The van der Waals surface area contributed by atoms with Crippen molar-refractivity contribution < 1.29 is 0 Å². The molecule has 20 heavy (non-hydrogen) atoms. The lowest BCUT2D eigenvalue weighted by atomic mass is 10.1. The Morgan fingerprint density at radius 1 is 0.750 bits per heavy atom. The average Bonchev–Trinajstić information content (AvgIpc) is 2.29. The summed E-state index contributed by atoms with van der Waals surface area (Å²) in [6.07, 6.45) is 1.79. The molecule has 0 spiro atoms. The molecule has 114 valence electrons. The molecule has 0 N–H and O–H groups in total. The van der Waals surface area contributed by atoms with Gasteiger partial charge in [-0.2, -0.15) is 5.10 Å². The number of nitrogens with zero attached hydrogens (tertiary/aromatic N) is 4. The summed E-state index contributed by atoms with van der Waals surface area (Å²) in [7, 11) is 0. The summed E-state index contributed by atoms with van der Waals surface area (Å²) in [5.74, 6) is 0.986.